The number of hydrogen-bond donors (Lipinski definition) is 1. The molecule has 0 aliphatic heterocycles. The van der Waals surface area contributed by atoms with Gasteiger partial charge in [-0.25, -0.2) is 0 Å². The fourth-order valence-electron chi connectivity index (χ4n) is 2.74. The predicted molar refractivity (Wildman–Crippen MR) is 115 cm³/mol. The molecule has 4 nitrogen and oxygen atoms in total. The van der Waals surface area contributed by atoms with Gasteiger partial charge in [0.1, 0.15) is 6.04 Å². The third kappa shape index (κ3) is 6.25. The Morgan fingerprint density at radius 2 is 1.68 bits per heavy atom. The molecule has 2 atom stereocenters. The van der Waals surface area contributed by atoms with E-state index in [-0.39, 0.29) is 30.8 Å². The molecule has 0 aliphatic rings. The number of amides is 2. The quantitative estimate of drug-likeness (QED) is 0.661. The van der Waals surface area contributed by atoms with Gasteiger partial charge >= 0.3 is 0 Å². The SMILES string of the molecule is CC[C@@H](C)NC(=O)[C@H](C)N(Cc1ccccc1Cl)C(=O)Cc1ccc(Cl)cc1. The lowest BCUT2D eigenvalue weighted by Gasteiger charge is -2.30. The van der Waals surface area contributed by atoms with E-state index >= 15 is 0 Å². The summed E-state index contributed by atoms with van der Waals surface area (Å²) in [6.07, 6.45) is 1.00. The molecule has 1 N–H and O–H groups in total. The zero-order chi connectivity index (χ0) is 20.7. The zero-order valence-corrected chi connectivity index (χ0v) is 17.9. The maximum absolute atomic E-state index is 13.1. The minimum Gasteiger partial charge on any atom is -0.352 e. The number of carbonyl (C=O) groups is 2. The summed E-state index contributed by atoms with van der Waals surface area (Å²) >= 11 is 12.2. The second kappa shape index (κ2) is 10.5. The highest BCUT2D eigenvalue weighted by molar-refractivity contribution is 6.31. The average Bonchev–Trinajstić information content (AvgIpc) is 2.68. The fourth-order valence-corrected chi connectivity index (χ4v) is 3.06. The highest BCUT2D eigenvalue weighted by atomic mass is 35.5. The summed E-state index contributed by atoms with van der Waals surface area (Å²) in [5.41, 5.74) is 1.64. The lowest BCUT2D eigenvalue weighted by molar-refractivity contribution is -0.140. The summed E-state index contributed by atoms with van der Waals surface area (Å²) in [6.45, 7) is 5.96. The summed E-state index contributed by atoms with van der Waals surface area (Å²) < 4.78 is 0. The first-order valence-corrected chi connectivity index (χ1v) is 10.1. The van der Waals surface area contributed by atoms with Crippen molar-refractivity contribution in [1.29, 1.82) is 0 Å². The molecular weight excluding hydrogens is 395 g/mol. The first-order chi connectivity index (χ1) is 13.3. The van der Waals surface area contributed by atoms with Crippen LogP contribution in [0.4, 0.5) is 0 Å². The predicted octanol–water partition coefficient (Wildman–Crippen LogP) is 4.87. The Hall–Kier alpha value is -2.04. The average molecular weight is 421 g/mol. The molecule has 0 aliphatic carbocycles. The summed E-state index contributed by atoms with van der Waals surface area (Å²) in [5, 5.41) is 4.14. The number of nitrogens with zero attached hydrogens (tertiary/aromatic N) is 1. The topological polar surface area (TPSA) is 49.4 Å². The van der Waals surface area contributed by atoms with E-state index in [4.69, 9.17) is 23.2 Å². The largest absolute Gasteiger partial charge is 0.352 e. The Labute approximate surface area is 176 Å². The minimum absolute atomic E-state index is 0.0449. The summed E-state index contributed by atoms with van der Waals surface area (Å²) in [6, 6.07) is 13.9. The Bertz CT molecular complexity index is 808. The van der Waals surface area contributed by atoms with Gasteiger partial charge in [0.2, 0.25) is 11.8 Å². The smallest absolute Gasteiger partial charge is 0.242 e. The van der Waals surface area contributed by atoms with Gasteiger partial charge < -0.3 is 10.2 Å². The van der Waals surface area contributed by atoms with Crippen LogP contribution in [0, 0.1) is 0 Å². The van der Waals surface area contributed by atoms with Crippen molar-refractivity contribution in [2.45, 2.75) is 52.2 Å². The van der Waals surface area contributed by atoms with Crippen LogP contribution in [0.25, 0.3) is 0 Å². The third-order valence-electron chi connectivity index (χ3n) is 4.74. The number of benzene rings is 2. The van der Waals surface area contributed by atoms with Crippen molar-refractivity contribution < 1.29 is 9.59 Å². The van der Waals surface area contributed by atoms with Crippen LogP contribution in [-0.4, -0.2) is 28.8 Å². The molecule has 150 valence electrons. The van der Waals surface area contributed by atoms with Gasteiger partial charge in [-0.15, -0.1) is 0 Å². The summed E-state index contributed by atoms with van der Waals surface area (Å²) in [4.78, 5) is 27.3. The van der Waals surface area contributed by atoms with E-state index in [1.54, 1.807) is 30.0 Å². The molecule has 0 bridgehead atoms. The van der Waals surface area contributed by atoms with E-state index in [2.05, 4.69) is 5.32 Å². The van der Waals surface area contributed by atoms with Gasteiger partial charge in [0.15, 0.2) is 0 Å². The van der Waals surface area contributed by atoms with Crippen LogP contribution in [0.3, 0.4) is 0 Å². The Morgan fingerprint density at radius 1 is 1.04 bits per heavy atom. The Kier molecular flexibility index (Phi) is 8.34. The molecule has 0 aromatic heterocycles. The lowest BCUT2D eigenvalue weighted by Crippen LogP contribution is -2.49. The number of nitrogens with one attached hydrogen (secondary N) is 1. The standard InChI is InChI=1S/C22H26Cl2N2O2/c1-4-15(2)25-22(28)16(3)26(14-18-7-5-6-8-20(18)24)21(27)13-17-9-11-19(23)12-10-17/h5-12,15-16H,4,13-14H2,1-3H3,(H,25,28)/t15-,16+/m1/s1. The Balaban J connectivity index is 2.23. The maximum Gasteiger partial charge on any atom is 0.242 e. The first-order valence-electron chi connectivity index (χ1n) is 9.39. The zero-order valence-electron chi connectivity index (χ0n) is 16.4. The lowest BCUT2D eigenvalue weighted by atomic mass is 10.1. The molecule has 28 heavy (non-hydrogen) atoms. The van der Waals surface area contributed by atoms with Gasteiger partial charge in [-0.1, -0.05) is 60.5 Å². The number of halogens is 2. The van der Waals surface area contributed by atoms with Gasteiger partial charge in [0.05, 0.1) is 6.42 Å². The molecule has 0 unspecified atom stereocenters. The molecule has 0 radical (unpaired) electrons. The number of carbonyl (C=O) groups excluding carboxylic acids is 2. The molecule has 2 aromatic carbocycles. The highest BCUT2D eigenvalue weighted by Crippen LogP contribution is 2.20. The third-order valence-corrected chi connectivity index (χ3v) is 5.36. The Morgan fingerprint density at radius 3 is 2.29 bits per heavy atom. The summed E-state index contributed by atoms with van der Waals surface area (Å²) in [7, 11) is 0. The van der Waals surface area contributed by atoms with Gasteiger partial charge in [0, 0.05) is 22.6 Å². The van der Waals surface area contributed by atoms with Crippen LogP contribution in [0.15, 0.2) is 48.5 Å². The summed E-state index contributed by atoms with van der Waals surface area (Å²) in [5.74, 6) is -0.320. The second-order valence-corrected chi connectivity index (χ2v) is 7.75. The molecule has 0 saturated carbocycles. The van der Waals surface area contributed by atoms with Gasteiger partial charge in [-0.2, -0.15) is 0 Å². The molecule has 0 fully saturated rings. The molecule has 6 heteroatoms. The van der Waals surface area contributed by atoms with Crippen molar-refractivity contribution in [1.82, 2.24) is 10.2 Å². The van der Waals surface area contributed by atoms with Gasteiger partial charge in [-0.05, 0) is 49.6 Å². The van der Waals surface area contributed by atoms with E-state index in [0.717, 1.165) is 17.5 Å². The normalized spacial score (nSPS) is 12.9. The molecular formula is C22H26Cl2N2O2. The molecule has 2 aromatic rings. The maximum atomic E-state index is 13.1. The van der Waals surface area contributed by atoms with Crippen LogP contribution in [0.5, 0.6) is 0 Å². The van der Waals surface area contributed by atoms with Crippen molar-refractivity contribution in [3.05, 3.63) is 69.7 Å². The molecule has 2 rings (SSSR count). The number of hydrogen-bond acceptors (Lipinski definition) is 2. The molecule has 0 heterocycles. The molecule has 2 amide bonds. The monoisotopic (exact) mass is 420 g/mol. The van der Waals surface area contributed by atoms with Crippen LogP contribution in [0.1, 0.15) is 38.3 Å². The van der Waals surface area contributed by atoms with Crippen LogP contribution in [-0.2, 0) is 22.6 Å². The highest BCUT2D eigenvalue weighted by Gasteiger charge is 2.27. The van der Waals surface area contributed by atoms with Crippen molar-refractivity contribution in [2.75, 3.05) is 0 Å². The molecule has 0 spiro atoms. The second-order valence-electron chi connectivity index (χ2n) is 6.91. The van der Waals surface area contributed by atoms with E-state index in [9.17, 15) is 9.59 Å². The van der Waals surface area contributed by atoms with E-state index in [1.807, 2.05) is 44.2 Å². The van der Waals surface area contributed by atoms with Crippen molar-refractivity contribution in [2.24, 2.45) is 0 Å². The fraction of sp³-hybridized carbons (Fsp3) is 0.364. The van der Waals surface area contributed by atoms with Crippen LogP contribution < -0.4 is 5.32 Å². The van der Waals surface area contributed by atoms with E-state index < -0.39 is 6.04 Å². The van der Waals surface area contributed by atoms with Crippen LogP contribution >= 0.6 is 23.2 Å². The molecule has 0 saturated heterocycles. The van der Waals surface area contributed by atoms with Crippen molar-refractivity contribution in [3.8, 4) is 0 Å². The van der Waals surface area contributed by atoms with Crippen molar-refractivity contribution in [3.63, 3.8) is 0 Å². The van der Waals surface area contributed by atoms with Crippen LogP contribution in [0.2, 0.25) is 10.0 Å². The minimum atomic E-state index is -0.620. The van der Waals surface area contributed by atoms with Crippen molar-refractivity contribution >= 4 is 35.0 Å². The van der Waals surface area contributed by atoms with E-state index in [1.165, 1.54) is 0 Å². The van der Waals surface area contributed by atoms with Gasteiger partial charge in [0.25, 0.3) is 0 Å². The number of rotatable bonds is 8. The first kappa shape index (κ1) is 22.3. The van der Waals surface area contributed by atoms with E-state index in [0.29, 0.717) is 10.0 Å². The van der Waals surface area contributed by atoms with Gasteiger partial charge in [-0.3, -0.25) is 9.59 Å².